The molecule has 9 rings (SSSR count). The second-order valence-corrected chi connectivity index (χ2v) is 14.9. The van der Waals surface area contributed by atoms with Gasteiger partial charge in [-0.1, -0.05) is 78.9 Å². The molecule has 1 fully saturated rings. The van der Waals surface area contributed by atoms with Crippen LogP contribution < -0.4 is 19.1 Å². The Bertz CT molecular complexity index is 2720. The highest BCUT2D eigenvalue weighted by Gasteiger charge is 2.43. The van der Waals surface area contributed by atoms with E-state index < -0.39 is 40.8 Å². The van der Waals surface area contributed by atoms with E-state index in [9.17, 15) is 24.8 Å². The summed E-state index contributed by atoms with van der Waals surface area (Å²) in [6.07, 6.45) is -0.692. The number of imidazole rings is 1. The number of nitrogens with zero attached hydrogens (tertiary/aromatic N) is 6. The smallest absolute Gasteiger partial charge is 0.269 e. The van der Waals surface area contributed by atoms with Crippen LogP contribution in [0.15, 0.2) is 134 Å². The number of carbonyl (C=O) groups excluding carboxylic acids is 2. The van der Waals surface area contributed by atoms with Gasteiger partial charge in [0.2, 0.25) is 11.8 Å². The SMILES string of the molecule is COc1ccc(C(OC[C@H]2O[C@@H](n3cnc4c(OCCc5ccc([N+](=O)[O-])cc5)nc(N5C(=O)c6ccccc6C5=O)nc43)C[C@@H]2O)(c2ccccc2)c2ccc(OC)cc2)cc1. The van der Waals surface area contributed by atoms with Gasteiger partial charge in [-0.2, -0.15) is 9.97 Å². The number of anilines is 1. The van der Waals surface area contributed by atoms with Crippen molar-refractivity contribution in [1.82, 2.24) is 19.5 Å². The molecule has 16 heteroatoms. The Kier molecular flexibility index (Phi) is 11.1. The number of hydrogen-bond acceptors (Lipinski definition) is 13. The van der Waals surface area contributed by atoms with E-state index in [4.69, 9.17) is 28.7 Å². The summed E-state index contributed by atoms with van der Waals surface area (Å²) in [5.41, 5.74) is 2.85. The molecule has 0 radical (unpaired) electrons. The summed E-state index contributed by atoms with van der Waals surface area (Å²) in [5, 5.41) is 22.8. The number of methoxy groups -OCH3 is 2. The van der Waals surface area contributed by atoms with Crippen LogP contribution in [-0.4, -0.2) is 81.0 Å². The molecule has 4 heterocycles. The fraction of sp³-hybridized carbons (Fsp3) is 0.213. The maximum Gasteiger partial charge on any atom is 0.269 e. The van der Waals surface area contributed by atoms with Gasteiger partial charge in [0.15, 0.2) is 11.2 Å². The summed E-state index contributed by atoms with van der Waals surface area (Å²) >= 11 is 0. The molecule has 0 spiro atoms. The van der Waals surface area contributed by atoms with Crippen molar-refractivity contribution in [3.8, 4) is 17.4 Å². The molecule has 5 aromatic carbocycles. The molecule has 2 aliphatic heterocycles. The lowest BCUT2D eigenvalue weighted by molar-refractivity contribution is -0.384. The second-order valence-electron chi connectivity index (χ2n) is 14.9. The van der Waals surface area contributed by atoms with Gasteiger partial charge in [-0.3, -0.25) is 24.3 Å². The summed E-state index contributed by atoms with van der Waals surface area (Å²) < 4.78 is 32.4. The molecule has 0 saturated carbocycles. The number of aliphatic hydroxyl groups is 1. The first-order valence-electron chi connectivity index (χ1n) is 20.1. The number of benzene rings is 5. The van der Waals surface area contributed by atoms with Crippen LogP contribution in [0.2, 0.25) is 0 Å². The molecule has 2 aromatic heterocycles. The average Bonchev–Trinajstić information content (AvgIpc) is 3.99. The zero-order valence-electron chi connectivity index (χ0n) is 34.1. The quantitative estimate of drug-likeness (QED) is 0.0489. The lowest BCUT2D eigenvalue weighted by Gasteiger charge is -2.37. The normalized spacial score (nSPS) is 17.3. The Morgan fingerprint density at radius 3 is 1.97 bits per heavy atom. The monoisotopic (exact) mass is 848 g/mol. The van der Waals surface area contributed by atoms with Gasteiger partial charge in [-0.05, 0) is 58.7 Å². The van der Waals surface area contributed by atoms with E-state index in [1.807, 2.05) is 78.9 Å². The third-order valence-electron chi connectivity index (χ3n) is 11.3. The molecular formula is C47H40N6O10. The number of fused-ring (bicyclic) bond motifs is 2. The molecule has 7 aromatic rings. The van der Waals surface area contributed by atoms with Crippen LogP contribution in [0.1, 0.15) is 55.6 Å². The highest BCUT2D eigenvalue weighted by atomic mass is 16.6. The number of imide groups is 1. The Morgan fingerprint density at radius 1 is 0.794 bits per heavy atom. The van der Waals surface area contributed by atoms with Gasteiger partial charge in [0, 0.05) is 25.0 Å². The number of carbonyl (C=O) groups is 2. The first-order valence-corrected chi connectivity index (χ1v) is 20.1. The minimum atomic E-state index is -1.17. The molecule has 0 unspecified atom stereocenters. The van der Waals surface area contributed by atoms with Crippen molar-refractivity contribution in [3.05, 3.63) is 177 Å². The Labute approximate surface area is 360 Å². The summed E-state index contributed by atoms with van der Waals surface area (Å²) in [6.45, 7) is 0.0193. The van der Waals surface area contributed by atoms with Crippen molar-refractivity contribution in [2.45, 2.75) is 36.9 Å². The van der Waals surface area contributed by atoms with Gasteiger partial charge < -0.3 is 28.8 Å². The number of rotatable bonds is 15. The van der Waals surface area contributed by atoms with Crippen LogP contribution in [-0.2, 0) is 21.5 Å². The van der Waals surface area contributed by atoms with Crippen LogP contribution in [0.5, 0.6) is 17.4 Å². The highest BCUT2D eigenvalue weighted by molar-refractivity contribution is 6.34. The number of nitro groups is 1. The first kappa shape index (κ1) is 40.9. The molecule has 63 heavy (non-hydrogen) atoms. The Morgan fingerprint density at radius 2 is 1.38 bits per heavy atom. The predicted molar refractivity (Wildman–Crippen MR) is 228 cm³/mol. The van der Waals surface area contributed by atoms with E-state index in [2.05, 4.69) is 9.97 Å². The van der Waals surface area contributed by atoms with Crippen LogP contribution in [0.25, 0.3) is 11.2 Å². The highest BCUT2D eigenvalue weighted by Crippen LogP contribution is 2.43. The molecule has 16 nitrogen and oxygen atoms in total. The zero-order chi connectivity index (χ0) is 43.7. The Hall–Kier alpha value is -7.53. The third-order valence-corrected chi connectivity index (χ3v) is 11.3. The van der Waals surface area contributed by atoms with E-state index in [0.29, 0.717) is 17.9 Å². The zero-order valence-corrected chi connectivity index (χ0v) is 34.1. The number of ether oxygens (including phenoxy) is 5. The standard InChI is InChI=1S/C47H40N6O10/c1-59-34-20-14-31(15-21-34)47(30-8-4-3-5-9-30,32-16-22-35(60-2)23-17-32)62-27-39-38(54)26-40(63-39)51-28-48-41-42(51)49-46(52-44(55)36-10-6-7-11-37(36)45(52)56)50-43(41)61-25-24-29-12-18-33(19-13-29)53(57)58/h3-23,28,38-40,54H,24-27H2,1-2H3/t38-,39+,40+/m0/s1. The minimum Gasteiger partial charge on any atom is -0.497 e. The summed E-state index contributed by atoms with van der Waals surface area (Å²) in [4.78, 5) is 52.7. The van der Waals surface area contributed by atoms with E-state index in [0.717, 1.165) is 27.2 Å². The van der Waals surface area contributed by atoms with Crippen molar-refractivity contribution >= 4 is 34.6 Å². The lowest BCUT2D eigenvalue weighted by atomic mass is 9.80. The first-order chi connectivity index (χ1) is 30.7. The Balaban J connectivity index is 1.04. The molecule has 1 N–H and O–H groups in total. The van der Waals surface area contributed by atoms with Crippen LogP contribution >= 0.6 is 0 Å². The number of nitro benzene ring substituents is 1. The van der Waals surface area contributed by atoms with Crippen molar-refractivity contribution < 1.29 is 43.3 Å². The van der Waals surface area contributed by atoms with E-state index in [-0.39, 0.29) is 59.4 Å². The molecule has 318 valence electrons. The van der Waals surface area contributed by atoms with Gasteiger partial charge in [-0.25, -0.2) is 9.88 Å². The number of amides is 2. The van der Waals surface area contributed by atoms with Crippen molar-refractivity contribution in [2.75, 3.05) is 32.3 Å². The maximum absolute atomic E-state index is 13.6. The van der Waals surface area contributed by atoms with Crippen molar-refractivity contribution in [2.24, 2.45) is 0 Å². The van der Waals surface area contributed by atoms with Gasteiger partial charge in [0.1, 0.15) is 29.4 Å². The molecule has 0 bridgehead atoms. The number of aliphatic hydroxyl groups excluding tert-OH is 1. The summed E-state index contributed by atoms with van der Waals surface area (Å²) in [7, 11) is 3.21. The molecule has 2 aliphatic rings. The van der Waals surface area contributed by atoms with Gasteiger partial charge in [-0.15, -0.1) is 0 Å². The fourth-order valence-corrected chi connectivity index (χ4v) is 8.03. The van der Waals surface area contributed by atoms with E-state index in [1.54, 1.807) is 55.2 Å². The largest absolute Gasteiger partial charge is 0.497 e. The van der Waals surface area contributed by atoms with Crippen LogP contribution in [0, 0.1) is 10.1 Å². The summed E-state index contributed by atoms with van der Waals surface area (Å²) in [6, 6.07) is 37.6. The third kappa shape index (κ3) is 7.60. The number of hydrogen-bond donors (Lipinski definition) is 1. The summed E-state index contributed by atoms with van der Waals surface area (Å²) in [5.74, 6) is -0.0821. The van der Waals surface area contributed by atoms with Crippen molar-refractivity contribution in [1.29, 1.82) is 0 Å². The molecular weight excluding hydrogens is 809 g/mol. The fourth-order valence-electron chi connectivity index (χ4n) is 8.03. The average molecular weight is 849 g/mol. The van der Waals surface area contributed by atoms with Gasteiger partial charge >= 0.3 is 0 Å². The lowest BCUT2D eigenvalue weighted by Crippen LogP contribution is -2.38. The number of non-ortho nitro benzene ring substituents is 1. The van der Waals surface area contributed by atoms with E-state index in [1.165, 1.54) is 18.5 Å². The topological polar surface area (TPSA) is 190 Å². The molecule has 2 amide bonds. The second kappa shape index (κ2) is 17.1. The van der Waals surface area contributed by atoms with Crippen LogP contribution in [0.3, 0.4) is 0 Å². The predicted octanol–water partition coefficient (Wildman–Crippen LogP) is 6.83. The van der Waals surface area contributed by atoms with Gasteiger partial charge in [0.25, 0.3) is 17.5 Å². The van der Waals surface area contributed by atoms with Crippen LogP contribution in [0.4, 0.5) is 11.6 Å². The maximum atomic E-state index is 13.6. The molecule has 3 atom stereocenters. The molecule has 0 aliphatic carbocycles. The van der Waals surface area contributed by atoms with Crippen molar-refractivity contribution in [3.63, 3.8) is 0 Å². The number of aromatic nitrogens is 4. The minimum absolute atomic E-state index is 0.00252. The van der Waals surface area contributed by atoms with Gasteiger partial charge in [0.05, 0.1) is 55.9 Å². The van der Waals surface area contributed by atoms with E-state index >= 15 is 0 Å². The molecule has 1 saturated heterocycles.